The average Bonchev–Trinajstić information content (AvgIpc) is 2.37. The van der Waals surface area contributed by atoms with Gasteiger partial charge in [0.25, 0.3) is 6.43 Å². The molecule has 0 spiro atoms. The van der Waals surface area contributed by atoms with E-state index in [4.69, 9.17) is 5.73 Å². The maximum absolute atomic E-state index is 12.8. The first-order valence-corrected chi connectivity index (χ1v) is 5.94. The standard InChI is InChI=1S/C12H13F5N2O2/c1-2-21-9(20)4-6-3-7(12(15,16)17)10(11(13)14)19-8(6)5-18/h3,11H,2,4-5,18H2,1H3. The fourth-order valence-electron chi connectivity index (χ4n) is 1.70. The Hall–Kier alpha value is -1.77. The van der Waals surface area contributed by atoms with Crippen molar-refractivity contribution < 1.29 is 31.5 Å². The summed E-state index contributed by atoms with van der Waals surface area (Å²) in [6.07, 6.45) is -8.92. The zero-order chi connectivity index (χ0) is 16.2. The number of carbonyl (C=O) groups excluding carboxylic acids is 1. The van der Waals surface area contributed by atoms with Crippen molar-refractivity contribution in [1.29, 1.82) is 0 Å². The molecule has 0 amide bonds. The van der Waals surface area contributed by atoms with Gasteiger partial charge in [0.2, 0.25) is 0 Å². The quantitative estimate of drug-likeness (QED) is 0.670. The Morgan fingerprint density at radius 2 is 2.05 bits per heavy atom. The van der Waals surface area contributed by atoms with Gasteiger partial charge >= 0.3 is 12.1 Å². The fraction of sp³-hybridized carbons (Fsp3) is 0.500. The van der Waals surface area contributed by atoms with Gasteiger partial charge in [-0.2, -0.15) is 13.2 Å². The zero-order valence-corrected chi connectivity index (χ0v) is 11.0. The first-order valence-electron chi connectivity index (χ1n) is 5.94. The summed E-state index contributed by atoms with van der Waals surface area (Å²) < 4.78 is 68.4. The number of alkyl halides is 5. The van der Waals surface area contributed by atoms with Crippen LogP contribution < -0.4 is 5.73 Å². The highest BCUT2D eigenvalue weighted by molar-refractivity contribution is 5.73. The van der Waals surface area contributed by atoms with Crippen LogP contribution in [0.4, 0.5) is 22.0 Å². The van der Waals surface area contributed by atoms with Gasteiger partial charge in [0, 0.05) is 6.54 Å². The zero-order valence-electron chi connectivity index (χ0n) is 11.0. The molecule has 2 N–H and O–H groups in total. The van der Waals surface area contributed by atoms with Crippen LogP contribution in [0.3, 0.4) is 0 Å². The Labute approximate surface area is 117 Å². The number of rotatable bonds is 5. The van der Waals surface area contributed by atoms with Gasteiger partial charge in [0.1, 0.15) is 5.69 Å². The number of halogens is 5. The van der Waals surface area contributed by atoms with Gasteiger partial charge in [0.15, 0.2) is 0 Å². The van der Waals surface area contributed by atoms with E-state index < -0.39 is 36.2 Å². The molecule has 0 unspecified atom stereocenters. The van der Waals surface area contributed by atoms with Gasteiger partial charge in [-0.1, -0.05) is 0 Å². The second kappa shape index (κ2) is 6.79. The highest BCUT2D eigenvalue weighted by Gasteiger charge is 2.37. The third-order valence-corrected chi connectivity index (χ3v) is 2.57. The Kier molecular flexibility index (Phi) is 5.59. The number of hydrogen-bond donors (Lipinski definition) is 1. The molecule has 0 saturated heterocycles. The van der Waals surface area contributed by atoms with Crippen LogP contribution in [-0.2, 0) is 28.7 Å². The van der Waals surface area contributed by atoms with E-state index in [0.29, 0.717) is 6.07 Å². The second-order valence-electron chi connectivity index (χ2n) is 4.01. The molecule has 0 fully saturated rings. The maximum atomic E-state index is 12.8. The van der Waals surface area contributed by atoms with Crippen LogP contribution in [-0.4, -0.2) is 17.6 Å². The van der Waals surface area contributed by atoms with E-state index in [1.807, 2.05) is 0 Å². The predicted molar refractivity (Wildman–Crippen MR) is 62.4 cm³/mol. The van der Waals surface area contributed by atoms with Gasteiger partial charge in [-0.15, -0.1) is 0 Å². The third kappa shape index (κ3) is 4.35. The largest absolute Gasteiger partial charge is 0.466 e. The highest BCUT2D eigenvalue weighted by atomic mass is 19.4. The molecule has 0 aliphatic heterocycles. The molecule has 0 atom stereocenters. The van der Waals surface area contributed by atoms with Gasteiger partial charge in [0.05, 0.1) is 24.3 Å². The van der Waals surface area contributed by atoms with E-state index in [2.05, 4.69) is 9.72 Å². The van der Waals surface area contributed by atoms with Crippen LogP contribution in [0.2, 0.25) is 0 Å². The molecule has 0 aliphatic carbocycles. The van der Waals surface area contributed by atoms with Crippen molar-refractivity contribution in [1.82, 2.24) is 4.98 Å². The molecule has 1 rings (SSSR count). The summed E-state index contributed by atoms with van der Waals surface area (Å²) in [6.45, 7) is 1.21. The minimum atomic E-state index is -5.00. The Balaban J connectivity index is 3.34. The first-order chi connectivity index (χ1) is 9.70. The van der Waals surface area contributed by atoms with Crippen LogP contribution in [0.25, 0.3) is 0 Å². The molecule has 21 heavy (non-hydrogen) atoms. The van der Waals surface area contributed by atoms with E-state index in [1.54, 1.807) is 0 Å². The van der Waals surface area contributed by atoms with E-state index in [1.165, 1.54) is 6.92 Å². The summed E-state index contributed by atoms with van der Waals surface area (Å²) in [5.41, 5.74) is 1.96. The maximum Gasteiger partial charge on any atom is 0.418 e. The SMILES string of the molecule is CCOC(=O)Cc1cc(C(F)(F)F)c(C(F)F)nc1CN. The number of hydrogen-bond acceptors (Lipinski definition) is 4. The smallest absolute Gasteiger partial charge is 0.418 e. The Morgan fingerprint density at radius 3 is 2.48 bits per heavy atom. The molecule has 1 heterocycles. The molecule has 1 aromatic rings. The second-order valence-corrected chi connectivity index (χ2v) is 4.01. The van der Waals surface area contributed by atoms with Crippen molar-refractivity contribution in [3.63, 3.8) is 0 Å². The van der Waals surface area contributed by atoms with E-state index >= 15 is 0 Å². The highest BCUT2D eigenvalue weighted by Crippen LogP contribution is 2.36. The average molecular weight is 312 g/mol. The van der Waals surface area contributed by atoms with Crippen LogP contribution in [0.5, 0.6) is 0 Å². The Morgan fingerprint density at radius 1 is 1.43 bits per heavy atom. The molecular formula is C12H13F5N2O2. The number of aromatic nitrogens is 1. The molecule has 1 aromatic heterocycles. The summed E-state index contributed by atoms with van der Waals surface area (Å²) in [4.78, 5) is 14.6. The third-order valence-electron chi connectivity index (χ3n) is 2.57. The molecule has 0 bridgehead atoms. The van der Waals surface area contributed by atoms with Crippen molar-refractivity contribution in [2.24, 2.45) is 5.73 Å². The summed E-state index contributed by atoms with van der Waals surface area (Å²) in [5.74, 6) is -0.785. The normalized spacial score (nSPS) is 11.8. The molecule has 0 aromatic carbocycles. The lowest BCUT2D eigenvalue weighted by molar-refractivity contribution is -0.143. The van der Waals surface area contributed by atoms with Crippen LogP contribution in [0.15, 0.2) is 6.07 Å². The number of pyridine rings is 1. The van der Waals surface area contributed by atoms with E-state index in [-0.39, 0.29) is 24.4 Å². The van der Waals surface area contributed by atoms with E-state index in [0.717, 1.165) is 0 Å². The van der Waals surface area contributed by atoms with Crippen molar-refractivity contribution in [3.8, 4) is 0 Å². The van der Waals surface area contributed by atoms with Crippen LogP contribution in [0, 0.1) is 0 Å². The topological polar surface area (TPSA) is 65.2 Å². The monoisotopic (exact) mass is 312 g/mol. The molecule has 0 aliphatic rings. The summed E-state index contributed by atoms with van der Waals surface area (Å²) in [7, 11) is 0. The molecule has 0 saturated carbocycles. The van der Waals surface area contributed by atoms with Gasteiger partial charge < -0.3 is 10.5 Å². The lowest BCUT2D eigenvalue weighted by Gasteiger charge is -2.16. The fourth-order valence-corrected chi connectivity index (χ4v) is 1.70. The van der Waals surface area contributed by atoms with Crippen molar-refractivity contribution in [2.75, 3.05) is 6.61 Å². The lowest BCUT2D eigenvalue weighted by Crippen LogP contribution is -2.18. The van der Waals surface area contributed by atoms with Crippen molar-refractivity contribution in [3.05, 3.63) is 28.6 Å². The molecular weight excluding hydrogens is 299 g/mol. The summed E-state index contributed by atoms with van der Waals surface area (Å²) >= 11 is 0. The minimum Gasteiger partial charge on any atom is -0.466 e. The van der Waals surface area contributed by atoms with Gasteiger partial charge in [-0.25, -0.2) is 13.8 Å². The lowest BCUT2D eigenvalue weighted by atomic mass is 10.0. The predicted octanol–water partition coefficient (Wildman–Crippen LogP) is 2.60. The number of ether oxygens (including phenoxy) is 1. The summed E-state index contributed by atoms with van der Waals surface area (Å²) in [6, 6.07) is 0.480. The first kappa shape index (κ1) is 17.3. The number of esters is 1. The van der Waals surface area contributed by atoms with Gasteiger partial charge in [-0.3, -0.25) is 4.79 Å². The Bertz CT molecular complexity index is 517. The van der Waals surface area contributed by atoms with Gasteiger partial charge in [-0.05, 0) is 18.6 Å². The molecule has 4 nitrogen and oxygen atoms in total. The van der Waals surface area contributed by atoms with Crippen molar-refractivity contribution in [2.45, 2.75) is 32.5 Å². The minimum absolute atomic E-state index is 0.0471. The summed E-state index contributed by atoms with van der Waals surface area (Å²) in [5, 5.41) is 0. The number of nitrogens with two attached hydrogens (primary N) is 1. The van der Waals surface area contributed by atoms with Crippen molar-refractivity contribution >= 4 is 5.97 Å². The molecule has 118 valence electrons. The van der Waals surface area contributed by atoms with Crippen LogP contribution >= 0.6 is 0 Å². The molecule has 9 heteroatoms. The van der Waals surface area contributed by atoms with E-state index in [9.17, 15) is 26.7 Å². The van der Waals surface area contributed by atoms with Crippen LogP contribution in [0.1, 0.15) is 35.9 Å². The number of nitrogens with zero attached hydrogens (tertiary/aromatic N) is 1. The molecule has 0 radical (unpaired) electrons. The number of carbonyl (C=O) groups is 1.